The Kier molecular flexibility index (Phi) is 7.59. The Morgan fingerprint density at radius 3 is 2.61 bits per heavy atom. The number of carbonyl (C=O) groups excluding carboxylic acids is 4. The predicted octanol–water partition coefficient (Wildman–Crippen LogP) is 2.60. The molecule has 5 heterocycles. The summed E-state index contributed by atoms with van der Waals surface area (Å²) < 4.78 is 2.09. The summed E-state index contributed by atoms with van der Waals surface area (Å²) in [6, 6.07) is 10.8. The van der Waals surface area contributed by atoms with Crippen LogP contribution in [0.15, 0.2) is 48.8 Å². The number of hydrogen-bond acceptors (Lipinski definition) is 9. The van der Waals surface area contributed by atoms with Crippen molar-refractivity contribution in [1.29, 1.82) is 0 Å². The number of benzene rings is 1. The molecule has 2 saturated heterocycles. The lowest BCUT2D eigenvalue weighted by molar-refractivity contribution is -0.136. The third-order valence-electron chi connectivity index (χ3n) is 9.22. The van der Waals surface area contributed by atoms with E-state index in [1.807, 2.05) is 12.3 Å². The van der Waals surface area contributed by atoms with Gasteiger partial charge in [0.15, 0.2) is 0 Å². The average Bonchev–Trinajstić information content (AvgIpc) is 3.60. The minimum absolute atomic E-state index is 0.102. The summed E-state index contributed by atoms with van der Waals surface area (Å²) in [5.41, 5.74) is 3.34. The fourth-order valence-corrected chi connectivity index (χ4v) is 6.68. The number of aromatic nitrogens is 3. The van der Waals surface area contributed by atoms with Crippen LogP contribution in [0, 0.1) is 5.92 Å². The molecular weight excluding hydrogens is 560 g/mol. The van der Waals surface area contributed by atoms with Gasteiger partial charge in [-0.2, -0.15) is 5.10 Å². The molecule has 1 saturated carbocycles. The Hall–Kier alpha value is -4.58. The lowest BCUT2D eigenvalue weighted by atomic mass is 9.77. The maximum Gasteiger partial charge on any atom is 0.262 e. The molecule has 4 amide bonds. The van der Waals surface area contributed by atoms with E-state index < -0.39 is 23.8 Å². The highest BCUT2D eigenvalue weighted by Gasteiger charge is 2.44. The quantitative estimate of drug-likeness (QED) is 0.251. The van der Waals surface area contributed by atoms with Crippen LogP contribution in [0.2, 0.25) is 0 Å². The van der Waals surface area contributed by atoms with Crippen molar-refractivity contribution in [1.82, 2.24) is 30.3 Å². The number of nitrogens with zero attached hydrogens (tertiary/aromatic N) is 5. The molecule has 0 spiro atoms. The standard InChI is InChI=1S/C32H36N8O4/c41-29-9-8-27(30(42)37-29)40-31(43)24-7-6-22(17-25(24)32(40)44)34-10-2-3-20-15-23(16-20)39-19-21(18-35-39)26-4-1-5-28(36-26)38-13-11-33-12-14-38/h1,4-7,17-20,23,27,33-34H,2-3,8-16H2,(H,37,41,42)/t20-,23-,27?. The molecule has 3 aromatic rings. The second-order valence-electron chi connectivity index (χ2n) is 12.1. The molecule has 12 heteroatoms. The van der Waals surface area contributed by atoms with Gasteiger partial charge in [0, 0.05) is 56.6 Å². The van der Waals surface area contributed by atoms with Crippen molar-refractivity contribution in [3.63, 3.8) is 0 Å². The average molecular weight is 597 g/mol. The molecule has 4 aliphatic rings. The van der Waals surface area contributed by atoms with E-state index in [2.05, 4.69) is 49.0 Å². The van der Waals surface area contributed by atoms with Gasteiger partial charge in [0.05, 0.1) is 29.1 Å². The highest BCUT2D eigenvalue weighted by molar-refractivity contribution is 6.23. The van der Waals surface area contributed by atoms with E-state index in [9.17, 15) is 19.2 Å². The van der Waals surface area contributed by atoms with Crippen molar-refractivity contribution < 1.29 is 19.2 Å². The summed E-state index contributed by atoms with van der Waals surface area (Å²) in [7, 11) is 0. The van der Waals surface area contributed by atoms with E-state index in [0.717, 1.165) is 86.1 Å². The van der Waals surface area contributed by atoms with Gasteiger partial charge in [-0.1, -0.05) is 6.07 Å². The number of piperidine rings is 1. The molecule has 0 radical (unpaired) electrons. The summed E-state index contributed by atoms with van der Waals surface area (Å²) in [5, 5.41) is 13.6. The number of fused-ring (bicyclic) bond motifs is 1. The number of nitrogens with one attached hydrogen (secondary N) is 3. The monoisotopic (exact) mass is 596 g/mol. The molecule has 7 rings (SSSR count). The van der Waals surface area contributed by atoms with E-state index in [0.29, 0.717) is 12.0 Å². The first-order chi connectivity index (χ1) is 21.4. The summed E-state index contributed by atoms with van der Waals surface area (Å²) in [4.78, 5) is 58.0. The van der Waals surface area contributed by atoms with E-state index in [-0.39, 0.29) is 29.9 Å². The highest BCUT2D eigenvalue weighted by Crippen LogP contribution is 2.40. The number of rotatable bonds is 9. The van der Waals surface area contributed by atoms with E-state index in [1.165, 1.54) is 0 Å². The number of amides is 4. The lowest BCUT2D eigenvalue weighted by Crippen LogP contribution is -2.54. The van der Waals surface area contributed by atoms with Crippen LogP contribution in [0.25, 0.3) is 11.3 Å². The molecule has 3 N–H and O–H groups in total. The predicted molar refractivity (Wildman–Crippen MR) is 163 cm³/mol. The summed E-state index contributed by atoms with van der Waals surface area (Å²) in [6.45, 7) is 4.64. The SMILES string of the molecule is O=C1CCC(N2C(=O)c3ccc(NCCC[C@H]4C[C@H](n5cc(-c6cccc(N7CCNCC7)n6)cn5)C4)cc3C2=O)C(=O)N1. The number of imide groups is 2. The van der Waals surface area contributed by atoms with Gasteiger partial charge in [0.1, 0.15) is 11.9 Å². The fourth-order valence-electron chi connectivity index (χ4n) is 6.68. The molecule has 3 fully saturated rings. The maximum atomic E-state index is 13.1. The minimum atomic E-state index is -0.957. The smallest absolute Gasteiger partial charge is 0.262 e. The second-order valence-corrected chi connectivity index (χ2v) is 12.1. The first-order valence-electron chi connectivity index (χ1n) is 15.5. The number of pyridine rings is 1. The van der Waals surface area contributed by atoms with Crippen molar-refractivity contribution >= 4 is 35.1 Å². The zero-order valence-corrected chi connectivity index (χ0v) is 24.5. The molecule has 228 valence electrons. The Morgan fingerprint density at radius 1 is 0.977 bits per heavy atom. The molecule has 1 unspecified atom stereocenters. The first-order valence-corrected chi connectivity index (χ1v) is 15.5. The Labute approximate surface area is 255 Å². The van der Waals surface area contributed by atoms with Crippen molar-refractivity contribution in [3.05, 3.63) is 59.9 Å². The van der Waals surface area contributed by atoms with Gasteiger partial charge in [-0.05, 0) is 68.4 Å². The molecule has 3 aliphatic heterocycles. The van der Waals surface area contributed by atoms with E-state index >= 15 is 0 Å². The van der Waals surface area contributed by atoms with Crippen LogP contribution in [-0.4, -0.2) is 82.1 Å². The molecule has 1 atom stereocenters. The number of carbonyl (C=O) groups is 4. The number of piperazine rings is 1. The molecule has 44 heavy (non-hydrogen) atoms. The Morgan fingerprint density at radius 2 is 1.80 bits per heavy atom. The largest absolute Gasteiger partial charge is 0.385 e. The molecule has 1 aliphatic carbocycles. The molecule has 2 aromatic heterocycles. The van der Waals surface area contributed by atoms with Gasteiger partial charge in [-0.25, -0.2) is 4.98 Å². The zero-order valence-electron chi connectivity index (χ0n) is 24.5. The van der Waals surface area contributed by atoms with Crippen molar-refractivity contribution in [2.75, 3.05) is 42.9 Å². The molecule has 1 aromatic carbocycles. The van der Waals surface area contributed by atoms with Gasteiger partial charge < -0.3 is 15.5 Å². The van der Waals surface area contributed by atoms with Gasteiger partial charge >= 0.3 is 0 Å². The number of hydrogen-bond donors (Lipinski definition) is 3. The van der Waals surface area contributed by atoms with Gasteiger partial charge in [-0.3, -0.25) is 34.1 Å². The van der Waals surface area contributed by atoms with Crippen LogP contribution >= 0.6 is 0 Å². The van der Waals surface area contributed by atoms with Crippen molar-refractivity contribution in [3.8, 4) is 11.3 Å². The first kappa shape index (κ1) is 28.2. The van der Waals surface area contributed by atoms with Gasteiger partial charge in [0.25, 0.3) is 11.8 Å². The third-order valence-corrected chi connectivity index (χ3v) is 9.22. The van der Waals surface area contributed by atoms with Crippen LogP contribution in [0.4, 0.5) is 11.5 Å². The van der Waals surface area contributed by atoms with Crippen LogP contribution < -0.4 is 20.9 Å². The van der Waals surface area contributed by atoms with Gasteiger partial charge in [-0.15, -0.1) is 0 Å². The van der Waals surface area contributed by atoms with E-state index in [4.69, 9.17) is 4.98 Å². The maximum absolute atomic E-state index is 13.1. The summed E-state index contributed by atoms with van der Waals surface area (Å²) >= 11 is 0. The third kappa shape index (κ3) is 5.45. The fraction of sp³-hybridized carbons (Fsp3) is 0.438. The van der Waals surface area contributed by atoms with Crippen molar-refractivity contribution in [2.24, 2.45) is 5.92 Å². The molecule has 0 bridgehead atoms. The lowest BCUT2D eigenvalue weighted by Gasteiger charge is -2.35. The molecule has 12 nitrogen and oxygen atoms in total. The van der Waals surface area contributed by atoms with Crippen molar-refractivity contribution in [2.45, 2.75) is 50.6 Å². The normalized spacial score (nSPS) is 23.4. The van der Waals surface area contributed by atoms with Crippen LogP contribution in [0.5, 0.6) is 0 Å². The Balaban J connectivity index is 0.874. The second kappa shape index (κ2) is 11.8. The van der Waals surface area contributed by atoms with Crippen LogP contribution in [0.1, 0.15) is 65.3 Å². The highest BCUT2D eigenvalue weighted by atomic mass is 16.2. The minimum Gasteiger partial charge on any atom is -0.385 e. The van der Waals surface area contributed by atoms with Crippen LogP contribution in [0.3, 0.4) is 0 Å². The van der Waals surface area contributed by atoms with E-state index in [1.54, 1.807) is 18.2 Å². The Bertz CT molecular complexity index is 1610. The summed E-state index contributed by atoms with van der Waals surface area (Å²) in [6.07, 6.45) is 8.56. The topological polar surface area (TPSA) is 142 Å². The zero-order chi connectivity index (χ0) is 30.2. The summed E-state index contributed by atoms with van der Waals surface area (Å²) in [5.74, 6) is -0.312. The molecular formula is C32H36N8O4. The van der Waals surface area contributed by atoms with Crippen LogP contribution in [-0.2, 0) is 9.59 Å². The van der Waals surface area contributed by atoms with Gasteiger partial charge in [0.2, 0.25) is 11.8 Å². The number of anilines is 2.